The molecule has 17 heavy (non-hydrogen) atoms. The lowest BCUT2D eigenvalue weighted by molar-refractivity contribution is 0.633. The zero-order valence-electron chi connectivity index (χ0n) is 9.72. The molecule has 0 amide bonds. The zero-order chi connectivity index (χ0) is 12.4. The number of benzene rings is 2. The topological polar surface area (TPSA) is 0 Å². The van der Waals surface area contributed by atoms with Crippen molar-refractivity contribution in [3.05, 3.63) is 59.2 Å². The molecule has 0 heterocycles. The predicted octanol–water partition coefficient (Wildman–Crippen LogP) is 3.21. The molecule has 0 aromatic heterocycles. The molecule has 0 saturated heterocycles. The number of halogens is 2. The number of rotatable bonds is 2. The van der Waals surface area contributed by atoms with Gasteiger partial charge < -0.3 is 0 Å². The molecule has 0 aliphatic rings. The van der Waals surface area contributed by atoms with E-state index in [1.54, 1.807) is 12.1 Å². The maximum Gasteiger partial charge on any atom is 0.131 e. The summed E-state index contributed by atoms with van der Waals surface area (Å²) in [5.41, 5.74) is 1.75. The minimum atomic E-state index is -0.261. The minimum absolute atomic E-state index is 0.0171. The first-order chi connectivity index (χ1) is 8.06. The second-order valence-corrected chi connectivity index (χ2v) is 5.42. The normalized spacial score (nSPS) is 10.6. The summed E-state index contributed by atoms with van der Waals surface area (Å²) in [5, 5.41) is 1.11. The number of hydrogen-bond acceptors (Lipinski definition) is 0. The van der Waals surface area contributed by atoms with Crippen molar-refractivity contribution in [2.75, 3.05) is 0 Å². The lowest BCUT2D eigenvalue weighted by atomic mass is 10.2. The van der Waals surface area contributed by atoms with Crippen molar-refractivity contribution < 1.29 is 8.78 Å². The summed E-state index contributed by atoms with van der Waals surface area (Å²) in [6.07, 6.45) is 0. The van der Waals surface area contributed by atoms with Crippen molar-refractivity contribution in [3.8, 4) is 0 Å². The van der Waals surface area contributed by atoms with Crippen molar-refractivity contribution in [3.63, 3.8) is 0 Å². The molecule has 0 N–H and O–H groups in total. The van der Waals surface area contributed by atoms with E-state index in [0.29, 0.717) is 10.6 Å². The molecule has 88 valence electrons. The SMILES string of the molecule is Cc1ccc(Pc2ccc(C)cc2F)c(F)c1. The highest BCUT2D eigenvalue weighted by Gasteiger charge is 2.07. The molecular weight excluding hydrogens is 237 g/mol. The van der Waals surface area contributed by atoms with Crippen LogP contribution in [-0.4, -0.2) is 0 Å². The fourth-order valence-corrected chi connectivity index (χ4v) is 2.59. The molecule has 0 atom stereocenters. The van der Waals surface area contributed by atoms with Crippen LogP contribution in [-0.2, 0) is 0 Å². The summed E-state index contributed by atoms with van der Waals surface area (Å²) in [4.78, 5) is 0. The van der Waals surface area contributed by atoms with E-state index in [2.05, 4.69) is 0 Å². The van der Waals surface area contributed by atoms with Crippen LogP contribution in [0, 0.1) is 25.5 Å². The van der Waals surface area contributed by atoms with E-state index in [-0.39, 0.29) is 20.2 Å². The summed E-state index contributed by atoms with van der Waals surface area (Å²) in [6, 6.07) is 10.1. The van der Waals surface area contributed by atoms with Crippen molar-refractivity contribution in [2.45, 2.75) is 13.8 Å². The van der Waals surface area contributed by atoms with Crippen LogP contribution in [0.3, 0.4) is 0 Å². The number of aryl methyl sites for hydroxylation is 2. The highest BCUT2D eigenvalue weighted by molar-refractivity contribution is 7.55. The first-order valence-corrected chi connectivity index (χ1v) is 6.35. The van der Waals surface area contributed by atoms with Crippen LogP contribution >= 0.6 is 8.58 Å². The Morgan fingerprint density at radius 2 is 1.18 bits per heavy atom. The maximum atomic E-state index is 13.6. The van der Waals surface area contributed by atoms with Gasteiger partial charge in [-0.15, -0.1) is 0 Å². The van der Waals surface area contributed by atoms with Gasteiger partial charge >= 0.3 is 0 Å². The fourth-order valence-electron chi connectivity index (χ4n) is 1.59. The maximum absolute atomic E-state index is 13.6. The molecule has 0 nitrogen and oxygen atoms in total. The van der Waals surface area contributed by atoms with Crippen molar-refractivity contribution in [1.29, 1.82) is 0 Å². The second-order valence-electron chi connectivity index (χ2n) is 4.09. The highest BCUT2D eigenvalue weighted by atomic mass is 31.1. The van der Waals surface area contributed by atoms with Crippen LogP contribution in [0.25, 0.3) is 0 Å². The van der Waals surface area contributed by atoms with E-state index >= 15 is 0 Å². The highest BCUT2D eigenvalue weighted by Crippen LogP contribution is 2.16. The van der Waals surface area contributed by atoms with Gasteiger partial charge in [-0.05, 0) is 37.1 Å². The minimum Gasteiger partial charge on any atom is -0.206 e. The third kappa shape index (κ3) is 2.89. The van der Waals surface area contributed by atoms with E-state index < -0.39 is 0 Å². The van der Waals surface area contributed by atoms with Crippen molar-refractivity contribution >= 4 is 19.2 Å². The third-order valence-corrected chi connectivity index (χ3v) is 3.87. The fraction of sp³-hybridized carbons (Fsp3) is 0.143. The van der Waals surface area contributed by atoms with Gasteiger partial charge in [0.1, 0.15) is 11.6 Å². The molecule has 2 rings (SSSR count). The Kier molecular flexibility index (Phi) is 3.54. The van der Waals surface area contributed by atoms with E-state index in [9.17, 15) is 8.78 Å². The Hall–Kier alpha value is -1.27. The van der Waals surface area contributed by atoms with E-state index in [1.807, 2.05) is 26.0 Å². The zero-order valence-corrected chi connectivity index (χ0v) is 10.7. The second kappa shape index (κ2) is 4.93. The quantitative estimate of drug-likeness (QED) is 0.718. The predicted molar refractivity (Wildman–Crippen MR) is 69.9 cm³/mol. The van der Waals surface area contributed by atoms with E-state index in [0.717, 1.165) is 11.1 Å². The Morgan fingerprint density at radius 1 is 0.765 bits per heavy atom. The van der Waals surface area contributed by atoms with Gasteiger partial charge in [-0.3, -0.25) is 0 Å². The van der Waals surface area contributed by atoms with Crippen LogP contribution < -0.4 is 10.6 Å². The Labute approximate surface area is 101 Å². The van der Waals surface area contributed by atoms with E-state index in [4.69, 9.17) is 0 Å². The third-order valence-electron chi connectivity index (χ3n) is 2.52. The lowest BCUT2D eigenvalue weighted by Crippen LogP contribution is -2.10. The van der Waals surface area contributed by atoms with Gasteiger partial charge in [0.05, 0.1) is 0 Å². The molecule has 0 radical (unpaired) electrons. The van der Waals surface area contributed by atoms with Gasteiger partial charge in [-0.25, -0.2) is 8.78 Å². The largest absolute Gasteiger partial charge is 0.206 e. The first kappa shape index (κ1) is 12.2. The van der Waals surface area contributed by atoms with Gasteiger partial charge in [-0.2, -0.15) is 0 Å². The van der Waals surface area contributed by atoms with Gasteiger partial charge in [0.2, 0.25) is 0 Å². The van der Waals surface area contributed by atoms with Gasteiger partial charge in [0.15, 0.2) is 0 Å². The van der Waals surface area contributed by atoms with Crippen molar-refractivity contribution in [2.24, 2.45) is 0 Å². The lowest BCUT2D eigenvalue weighted by Gasteiger charge is -2.06. The van der Waals surface area contributed by atoms with Crippen LogP contribution in [0.4, 0.5) is 8.78 Å². The molecule has 0 aliphatic carbocycles. The summed E-state index contributed by atoms with van der Waals surface area (Å²) >= 11 is 0. The molecule has 3 heteroatoms. The average Bonchev–Trinajstić information content (AvgIpc) is 2.25. The summed E-state index contributed by atoms with van der Waals surface area (Å²) in [5.74, 6) is -0.522. The van der Waals surface area contributed by atoms with Gasteiger partial charge in [-0.1, -0.05) is 32.8 Å². The molecule has 2 aromatic carbocycles. The summed E-state index contributed by atoms with van der Waals surface area (Å²) < 4.78 is 27.3. The Bertz CT molecular complexity index is 500. The number of hydrogen-bond donors (Lipinski definition) is 0. The van der Waals surface area contributed by atoms with Gasteiger partial charge in [0, 0.05) is 10.6 Å². The molecule has 0 bridgehead atoms. The molecule has 2 aromatic rings. The molecule has 0 spiro atoms. The van der Waals surface area contributed by atoms with Gasteiger partial charge in [0.25, 0.3) is 0 Å². The summed E-state index contributed by atoms with van der Waals surface area (Å²) in [7, 11) is 0.0171. The van der Waals surface area contributed by atoms with Crippen LogP contribution in [0.1, 0.15) is 11.1 Å². The van der Waals surface area contributed by atoms with Crippen molar-refractivity contribution in [1.82, 2.24) is 0 Å². The Balaban J connectivity index is 2.31. The monoisotopic (exact) mass is 250 g/mol. The van der Waals surface area contributed by atoms with Crippen LogP contribution in [0.5, 0.6) is 0 Å². The smallest absolute Gasteiger partial charge is 0.131 e. The molecule has 0 fully saturated rings. The summed E-state index contributed by atoms with van der Waals surface area (Å²) in [6.45, 7) is 3.67. The first-order valence-electron chi connectivity index (χ1n) is 5.35. The van der Waals surface area contributed by atoms with E-state index in [1.165, 1.54) is 12.1 Å². The van der Waals surface area contributed by atoms with Crippen LogP contribution in [0.2, 0.25) is 0 Å². The molecular formula is C14H13F2P. The Morgan fingerprint density at radius 3 is 1.53 bits per heavy atom. The average molecular weight is 250 g/mol. The molecule has 0 aliphatic heterocycles. The van der Waals surface area contributed by atoms with Crippen LogP contribution in [0.15, 0.2) is 36.4 Å². The molecule has 0 saturated carbocycles. The molecule has 0 unspecified atom stereocenters. The standard InChI is InChI=1S/C14H13F2P/c1-9-3-5-13(11(15)7-9)17-14-6-4-10(2)8-12(14)16/h3-8,17H,1-2H3.